The van der Waals surface area contributed by atoms with Crippen molar-refractivity contribution < 1.29 is 0 Å². The molecule has 1 fully saturated rings. The van der Waals surface area contributed by atoms with Crippen LogP contribution in [-0.4, -0.2) is 24.1 Å². The maximum atomic E-state index is 5.47. The van der Waals surface area contributed by atoms with Crippen LogP contribution in [0.15, 0.2) is 0 Å². The van der Waals surface area contributed by atoms with E-state index in [9.17, 15) is 0 Å². The van der Waals surface area contributed by atoms with Crippen molar-refractivity contribution >= 4 is 11.8 Å². The van der Waals surface area contributed by atoms with E-state index < -0.39 is 0 Å². The highest BCUT2D eigenvalue weighted by Crippen LogP contribution is 2.39. The summed E-state index contributed by atoms with van der Waals surface area (Å²) in [6.45, 7) is 1.68. The molecule has 2 unspecified atom stereocenters. The molecule has 0 aromatic carbocycles. The average Bonchev–Trinajstić information content (AvgIpc) is 2.04. The van der Waals surface area contributed by atoms with Gasteiger partial charge in [-0.05, 0) is 38.1 Å². The van der Waals surface area contributed by atoms with Crippen molar-refractivity contribution in [2.75, 3.05) is 18.8 Å². The molecule has 0 aromatic heterocycles. The molecule has 3 heteroatoms. The van der Waals surface area contributed by atoms with Crippen LogP contribution in [0.1, 0.15) is 25.7 Å². The van der Waals surface area contributed by atoms with E-state index in [0.29, 0.717) is 0 Å². The summed E-state index contributed by atoms with van der Waals surface area (Å²) in [5.41, 5.74) is 10.9. The van der Waals surface area contributed by atoms with Crippen LogP contribution in [-0.2, 0) is 0 Å². The van der Waals surface area contributed by atoms with Gasteiger partial charge in [0.2, 0.25) is 0 Å². The fourth-order valence-electron chi connectivity index (χ4n) is 1.69. The monoisotopic (exact) mass is 188 g/mol. The van der Waals surface area contributed by atoms with Crippen molar-refractivity contribution in [2.24, 2.45) is 17.4 Å². The Morgan fingerprint density at radius 3 is 2.50 bits per heavy atom. The van der Waals surface area contributed by atoms with E-state index in [0.717, 1.165) is 30.0 Å². The van der Waals surface area contributed by atoms with E-state index in [4.69, 9.17) is 11.5 Å². The summed E-state index contributed by atoms with van der Waals surface area (Å²) in [6.07, 6.45) is 5.35. The third kappa shape index (κ3) is 2.96. The Balaban J connectivity index is 2.03. The van der Waals surface area contributed by atoms with Gasteiger partial charge in [-0.2, -0.15) is 11.8 Å². The van der Waals surface area contributed by atoms with Crippen LogP contribution >= 0.6 is 11.8 Å². The molecule has 0 amide bonds. The minimum absolute atomic E-state index is 0.824. The summed E-state index contributed by atoms with van der Waals surface area (Å²) < 4.78 is 0. The van der Waals surface area contributed by atoms with E-state index in [1.807, 2.05) is 0 Å². The van der Waals surface area contributed by atoms with Gasteiger partial charge in [-0.3, -0.25) is 0 Å². The van der Waals surface area contributed by atoms with Gasteiger partial charge in [0.1, 0.15) is 0 Å². The molecule has 0 saturated heterocycles. The number of rotatable bonds is 6. The van der Waals surface area contributed by atoms with E-state index in [-0.39, 0.29) is 0 Å². The van der Waals surface area contributed by atoms with Crippen molar-refractivity contribution in [1.29, 1.82) is 0 Å². The summed E-state index contributed by atoms with van der Waals surface area (Å²) in [5, 5.41) is 0.903. The molecule has 72 valence electrons. The van der Waals surface area contributed by atoms with Crippen molar-refractivity contribution in [3.63, 3.8) is 0 Å². The zero-order chi connectivity index (χ0) is 8.81. The Bertz CT molecular complexity index is 105. The van der Waals surface area contributed by atoms with Gasteiger partial charge in [0, 0.05) is 17.5 Å². The summed E-state index contributed by atoms with van der Waals surface area (Å²) in [7, 11) is 0. The predicted molar refractivity (Wildman–Crippen MR) is 56.3 cm³/mol. The van der Waals surface area contributed by atoms with Crippen molar-refractivity contribution in [3.8, 4) is 0 Å². The lowest BCUT2D eigenvalue weighted by molar-refractivity contribution is 0.306. The van der Waals surface area contributed by atoms with Crippen LogP contribution in [0.2, 0.25) is 0 Å². The fourth-order valence-corrected chi connectivity index (χ4v) is 2.97. The number of hydrogen-bond donors (Lipinski definition) is 2. The van der Waals surface area contributed by atoms with Crippen molar-refractivity contribution in [3.05, 3.63) is 0 Å². The lowest BCUT2D eigenvalue weighted by atomic mass is 9.81. The third-order valence-corrected chi connectivity index (χ3v) is 4.10. The minimum Gasteiger partial charge on any atom is -0.330 e. The van der Waals surface area contributed by atoms with E-state index >= 15 is 0 Å². The Hall–Kier alpha value is 0.270. The quantitative estimate of drug-likeness (QED) is 0.658. The zero-order valence-electron chi connectivity index (χ0n) is 7.67. The van der Waals surface area contributed by atoms with Gasteiger partial charge in [0.05, 0.1) is 0 Å². The summed E-state index contributed by atoms with van der Waals surface area (Å²) in [4.78, 5) is 0. The second-order valence-corrected chi connectivity index (χ2v) is 4.81. The maximum absolute atomic E-state index is 5.47. The lowest BCUT2D eigenvalue weighted by Crippen LogP contribution is -2.30. The first-order valence-electron chi connectivity index (χ1n) is 4.90. The molecule has 1 aliphatic carbocycles. The fraction of sp³-hybridized carbons (Fsp3) is 1.00. The van der Waals surface area contributed by atoms with Crippen molar-refractivity contribution in [2.45, 2.75) is 30.9 Å². The van der Waals surface area contributed by atoms with Gasteiger partial charge in [-0.15, -0.1) is 0 Å². The molecule has 2 atom stereocenters. The topological polar surface area (TPSA) is 52.0 Å². The Kier molecular flexibility index (Phi) is 5.04. The molecule has 0 radical (unpaired) electrons. The second kappa shape index (κ2) is 5.84. The minimum atomic E-state index is 0.824. The molecular weight excluding hydrogens is 168 g/mol. The Morgan fingerprint density at radius 1 is 1.17 bits per heavy atom. The molecule has 0 aromatic rings. The molecular formula is C9H20N2S. The Labute approximate surface area is 79.5 Å². The van der Waals surface area contributed by atoms with Crippen LogP contribution in [0.4, 0.5) is 0 Å². The molecule has 1 saturated carbocycles. The SMILES string of the molecule is NCCCC1CCC1SCCN. The number of thioether (sulfide) groups is 1. The average molecular weight is 188 g/mol. The van der Waals surface area contributed by atoms with Crippen LogP contribution in [0.3, 0.4) is 0 Å². The van der Waals surface area contributed by atoms with Gasteiger partial charge in [-0.25, -0.2) is 0 Å². The normalized spacial score (nSPS) is 28.5. The van der Waals surface area contributed by atoms with Gasteiger partial charge >= 0.3 is 0 Å². The van der Waals surface area contributed by atoms with Crippen molar-refractivity contribution in [1.82, 2.24) is 0 Å². The van der Waals surface area contributed by atoms with Gasteiger partial charge < -0.3 is 11.5 Å². The molecule has 4 N–H and O–H groups in total. The van der Waals surface area contributed by atoms with Gasteiger partial charge in [-0.1, -0.05) is 0 Å². The van der Waals surface area contributed by atoms with Crippen LogP contribution in [0, 0.1) is 5.92 Å². The highest BCUT2D eigenvalue weighted by molar-refractivity contribution is 8.00. The van der Waals surface area contributed by atoms with E-state index in [2.05, 4.69) is 11.8 Å². The predicted octanol–water partition coefficient (Wildman–Crippen LogP) is 1.20. The summed E-state index contributed by atoms with van der Waals surface area (Å²) >= 11 is 2.06. The molecule has 0 spiro atoms. The van der Waals surface area contributed by atoms with Gasteiger partial charge in [0.15, 0.2) is 0 Å². The first-order valence-corrected chi connectivity index (χ1v) is 5.95. The Morgan fingerprint density at radius 2 is 2.00 bits per heavy atom. The first kappa shape index (κ1) is 10.4. The largest absolute Gasteiger partial charge is 0.330 e. The highest BCUT2D eigenvalue weighted by Gasteiger charge is 2.29. The van der Waals surface area contributed by atoms with Crippen LogP contribution in [0.25, 0.3) is 0 Å². The highest BCUT2D eigenvalue weighted by atomic mass is 32.2. The summed E-state index contributed by atoms with van der Waals surface area (Å²) in [6, 6.07) is 0. The lowest BCUT2D eigenvalue weighted by Gasteiger charge is -2.36. The number of hydrogen-bond acceptors (Lipinski definition) is 3. The molecule has 1 aliphatic rings. The standard InChI is InChI=1S/C9H20N2S/c10-5-1-2-8-3-4-9(8)12-7-6-11/h8-9H,1-7,10-11H2. The summed E-state index contributed by atoms with van der Waals surface area (Å²) in [5.74, 6) is 2.08. The maximum Gasteiger partial charge on any atom is 0.00759 e. The van der Waals surface area contributed by atoms with Gasteiger partial charge in [0.25, 0.3) is 0 Å². The second-order valence-electron chi connectivity index (χ2n) is 3.47. The molecule has 0 heterocycles. The van der Waals surface area contributed by atoms with Crippen LogP contribution in [0.5, 0.6) is 0 Å². The molecule has 2 nitrogen and oxygen atoms in total. The molecule has 0 aliphatic heterocycles. The van der Waals surface area contributed by atoms with Crippen LogP contribution < -0.4 is 11.5 Å². The zero-order valence-corrected chi connectivity index (χ0v) is 8.48. The smallest absolute Gasteiger partial charge is 0.00759 e. The third-order valence-electron chi connectivity index (χ3n) is 2.58. The molecule has 12 heavy (non-hydrogen) atoms. The molecule has 1 rings (SSSR count). The molecule has 0 bridgehead atoms. The first-order chi connectivity index (χ1) is 5.88. The number of nitrogens with two attached hydrogens (primary N) is 2. The van der Waals surface area contributed by atoms with E-state index in [1.54, 1.807) is 0 Å². The van der Waals surface area contributed by atoms with E-state index in [1.165, 1.54) is 25.7 Å².